The zero-order chi connectivity index (χ0) is 16.6. The Kier molecular flexibility index (Phi) is 8.91. The summed E-state index contributed by atoms with van der Waals surface area (Å²) in [5.74, 6) is 3.70. The van der Waals surface area contributed by atoms with Crippen molar-refractivity contribution >= 4 is 18.3 Å². The van der Waals surface area contributed by atoms with Gasteiger partial charge >= 0.3 is 0 Å². The van der Waals surface area contributed by atoms with Crippen LogP contribution in [0.3, 0.4) is 0 Å². The van der Waals surface area contributed by atoms with Gasteiger partial charge in [-0.3, -0.25) is 0 Å². The normalized spacial score (nSPS) is 18.4. The second kappa shape index (κ2) is 9.86. The summed E-state index contributed by atoms with van der Waals surface area (Å²) in [6, 6.07) is 0. The SMILES string of the molecule is CCCC/C=C/B(/C(Cl)=C/C1CCCCC1)C(C)(C)C(C)C. The lowest BCUT2D eigenvalue weighted by Crippen LogP contribution is -2.32. The Bertz CT molecular complexity index is 362. The van der Waals surface area contributed by atoms with Gasteiger partial charge in [0.25, 0.3) is 0 Å². The van der Waals surface area contributed by atoms with Gasteiger partial charge in [0.15, 0.2) is 0 Å². The Balaban J connectivity index is 2.87. The molecule has 0 aliphatic heterocycles. The molecule has 0 heterocycles. The van der Waals surface area contributed by atoms with Crippen LogP contribution in [0.1, 0.15) is 86.0 Å². The van der Waals surface area contributed by atoms with E-state index in [9.17, 15) is 0 Å². The average molecular weight is 323 g/mol. The summed E-state index contributed by atoms with van der Waals surface area (Å²) in [4.78, 5) is 1.08. The van der Waals surface area contributed by atoms with E-state index in [-0.39, 0.29) is 5.31 Å². The second-order valence-electron chi connectivity index (χ2n) is 7.97. The topological polar surface area (TPSA) is 0 Å². The van der Waals surface area contributed by atoms with Crippen molar-refractivity contribution in [1.29, 1.82) is 0 Å². The zero-order valence-electron chi connectivity index (χ0n) is 15.5. The lowest BCUT2D eigenvalue weighted by Gasteiger charge is -2.34. The molecule has 126 valence electrons. The van der Waals surface area contributed by atoms with Crippen LogP contribution < -0.4 is 0 Å². The molecule has 0 N–H and O–H groups in total. The molecule has 0 saturated heterocycles. The molecular weight excluding hydrogens is 286 g/mol. The summed E-state index contributed by atoms with van der Waals surface area (Å²) < 4.78 is 0. The molecule has 0 aromatic carbocycles. The summed E-state index contributed by atoms with van der Waals surface area (Å²) in [5.41, 5.74) is 0. The number of hydrogen-bond donors (Lipinski definition) is 0. The third-order valence-electron chi connectivity index (χ3n) is 5.68. The van der Waals surface area contributed by atoms with Gasteiger partial charge in [-0.25, -0.2) is 0 Å². The molecular formula is C20H36BCl. The van der Waals surface area contributed by atoms with E-state index >= 15 is 0 Å². The molecule has 1 rings (SSSR count). The number of hydrogen-bond acceptors (Lipinski definition) is 0. The van der Waals surface area contributed by atoms with Crippen LogP contribution in [-0.4, -0.2) is 6.71 Å². The summed E-state index contributed by atoms with van der Waals surface area (Å²) >= 11 is 6.83. The predicted octanol–water partition coefficient (Wildman–Crippen LogP) is 7.45. The zero-order valence-corrected chi connectivity index (χ0v) is 16.3. The molecule has 0 nitrogen and oxygen atoms in total. The van der Waals surface area contributed by atoms with E-state index < -0.39 is 0 Å². The van der Waals surface area contributed by atoms with Crippen LogP contribution in [0.2, 0.25) is 5.31 Å². The molecule has 0 aromatic heterocycles. The summed E-state index contributed by atoms with van der Waals surface area (Å²) in [7, 11) is 0. The van der Waals surface area contributed by atoms with Crippen LogP contribution in [-0.2, 0) is 0 Å². The van der Waals surface area contributed by atoms with E-state index in [2.05, 4.69) is 52.7 Å². The third-order valence-corrected chi connectivity index (χ3v) is 6.05. The van der Waals surface area contributed by atoms with Gasteiger partial charge in [-0.2, -0.15) is 0 Å². The molecule has 1 aliphatic carbocycles. The van der Waals surface area contributed by atoms with E-state index in [4.69, 9.17) is 11.6 Å². The first-order valence-electron chi connectivity index (χ1n) is 9.43. The molecule has 0 amide bonds. The predicted molar refractivity (Wildman–Crippen MR) is 104 cm³/mol. The molecule has 0 radical (unpaired) electrons. The molecule has 1 saturated carbocycles. The average Bonchev–Trinajstić information content (AvgIpc) is 2.47. The molecule has 22 heavy (non-hydrogen) atoms. The Morgan fingerprint density at radius 2 is 1.86 bits per heavy atom. The van der Waals surface area contributed by atoms with Crippen molar-refractivity contribution in [2.24, 2.45) is 11.8 Å². The highest BCUT2D eigenvalue weighted by molar-refractivity contribution is 6.83. The van der Waals surface area contributed by atoms with Gasteiger partial charge in [-0.1, -0.05) is 90.5 Å². The van der Waals surface area contributed by atoms with Gasteiger partial charge in [-0.15, -0.1) is 5.98 Å². The Labute approximate surface area is 144 Å². The maximum atomic E-state index is 6.83. The smallest absolute Gasteiger partial charge is 0.113 e. The van der Waals surface area contributed by atoms with Gasteiger partial charge < -0.3 is 0 Å². The minimum absolute atomic E-state index is 0.199. The second-order valence-corrected chi connectivity index (χ2v) is 8.41. The Morgan fingerprint density at radius 1 is 1.23 bits per heavy atom. The van der Waals surface area contributed by atoms with E-state index in [0.717, 1.165) is 4.93 Å². The number of unbranched alkanes of at least 4 members (excludes halogenated alkanes) is 2. The molecule has 2 heteroatoms. The first kappa shape index (κ1) is 19.9. The molecule has 0 unspecified atom stereocenters. The molecule has 0 atom stereocenters. The highest BCUT2D eigenvalue weighted by Crippen LogP contribution is 2.42. The van der Waals surface area contributed by atoms with Crippen molar-refractivity contribution in [1.82, 2.24) is 0 Å². The minimum Gasteiger partial charge on any atom is -0.113 e. The fraction of sp³-hybridized carbons (Fsp3) is 0.800. The minimum atomic E-state index is 0.199. The van der Waals surface area contributed by atoms with Crippen LogP contribution in [0.5, 0.6) is 0 Å². The van der Waals surface area contributed by atoms with Gasteiger partial charge in [-0.05, 0) is 41.3 Å². The fourth-order valence-corrected chi connectivity index (χ4v) is 3.77. The number of rotatable bonds is 8. The first-order chi connectivity index (χ1) is 10.4. The van der Waals surface area contributed by atoms with Gasteiger partial charge in [0.2, 0.25) is 6.71 Å². The quantitative estimate of drug-likeness (QED) is 0.321. The van der Waals surface area contributed by atoms with Crippen molar-refractivity contribution in [3.63, 3.8) is 0 Å². The van der Waals surface area contributed by atoms with Crippen LogP contribution in [0.4, 0.5) is 0 Å². The third kappa shape index (κ3) is 6.15. The van der Waals surface area contributed by atoms with Crippen molar-refractivity contribution in [3.8, 4) is 0 Å². The van der Waals surface area contributed by atoms with Gasteiger partial charge in [0.05, 0.1) is 0 Å². The van der Waals surface area contributed by atoms with Crippen molar-refractivity contribution in [3.05, 3.63) is 23.1 Å². The largest absolute Gasteiger partial charge is 0.221 e. The molecule has 0 bridgehead atoms. The number of allylic oxidation sites excluding steroid dienone is 2. The van der Waals surface area contributed by atoms with Crippen molar-refractivity contribution < 1.29 is 0 Å². The Morgan fingerprint density at radius 3 is 2.41 bits per heavy atom. The van der Waals surface area contributed by atoms with Gasteiger partial charge in [0, 0.05) is 0 Å². The summed E-state index contributed by atoms with van der Waals surface area (Å²) in [6.07, 6.45) is 15.2. The lowest BCUT2D eigenvalue weighted by atomic mass is 9.31. The van der Waals surface area contributed by atoms with E-state index in [1.54, 1.807) is 0 Å². The van der Waals surface area contributed by atoms with E-state index in [1.165, 1.54) is 51.4 Å². The van der Waals surface area contributed by atoms with Crippen LogP contribution in [0.25, 0.3) is 0 Å². The summed E-state index contributed by atoms with van der Waals surface area (Å²) in [6.45, 7) is 12.0. The highest BCUT2D eigenvalue weighted by atomic mass is 35.5. The fourth-order valence-electron chi connectivity index (χ4n) is 3.24. The van der Waals surface area contributed by atoms with Crippen LogP contribution in [0, 0.1) is 11.8 Å². The number of halogens is 1. The highest BCUT2D eigenvalue weighted by Gasteiger charge is 2.36. The standard InChI is InChI=1S/C20H36BCl/c1-6-7-8-12-15-21(20(4,5)17(2)3)19(22)16-18-13-10-9-11-14-18/h12,15-18H,6-11,13-14H2,1-5H3/b15-12+,19-16-. The maximum Gasteiger partial charge on any atom is 0.221 e. The van der Waals surface area contributed by atoms with Crippen LogP contribution in [0.15, 0.2) is 23.1 Å². The van der Waals surface area contributed by atoms with E-state index in [0.29, 0.717) is 18.5 Å². The van der Waals surface area contributed by atoms with Gasteiger partial charge in [0.1, 0.15) is 0 Å². The first-order valence-corrected chi connectivity index (χ1v) is 9.81. The Hall–Kier alpha value is -0.165. The summed E-state index contributed by atoms with van der Waals surface area (Å²) in [5, 5.41) is 0.199. The van der Waals surface area contributed by atoms with Crippen molar-refractivity contribution in [2.45, 2.75) is 91.3 Å². The van der Waals surface area contributed by atoms with E-state index in [1.807, 2.05) is 0 Å². The van der Waals surface area contributed by atoms with Crippen LogP contribution >= 0.6 is 11.6 Å². The lowest BCUT2D eigenvalue weighted by molar-refractivity contribution is 0.419. The van der Waals surface area contributed by atoms with Crippen molar-refractivity contribution in [2.75, 3.05) is 0 Å². The molecule has 1 fully saturated rings. The molecule has 0 spiro atoms. The molecule has 1 aliphatic rings. The molecule has 0 aromatic rings. The monoisotopic (exact) mass is 322 g/mol. The maximum absolute atomic E-state index is 6.83.